The van der Waals surface area contributed by atoms with Crippen LogP contribution < -0.4 is 0 Å². The Morgan fingerprint density at radius 1 is 0.846 bits per heavy atom. The van der Waals surface area contributed by atoms with Gasteiger partial charge in [0.2, 0.25) is 0 Å². The number of unbranched alkanes of at least 4 members (excludes halogenated alkanes) is 2. The van der Waals surface area contributed by atoms with Crippen LogP contribution in [0.3, 0.4) is 0 Å². The van der Waals surface area contributed by atoms with E-state index < -0.39 is 0 Å². The molecular formula is C11H24ClN. The second-order valence-electron chi connectivity index (χ2n) is 3.59. The average Bonchev–Trinajstić information content (AvgIpc) is 2.13. The summed E-state index contributed by atoms with van der Waals surface area (Å²) in [5, 5.41) is 0. The molecule has 0 aliphatic heterocycles. The fourth-order valence-corrected chi connectivity index (χ4v) is 1.76. The Hall–Kier alpha value is 0.250. The predicted molar refractivity (Wildman–Crippen MR) is 61.6 cm³/mol. The van der Waals surface area contributed by atoms with Gasteiger partial charge in [-0.15, -0.1) is 11.6 Å². The molecule has 0 rings (SSSR count). The molecule has 0 aromatic rings. The van der Waals surface area contributed by atoms with Crippen LogP contribution in [-0.4, -0.2) is 30.4 Å². The van der Waals surface area contributed by atoms with Crippen LogP contribution in [0.1, 0.15) is 46.0 Å². The quantitative estimate of drug-likeness (QED) is 0.411. The van der Waals surface area contributed by atoms with Crippen LogP contribution in [-0.2, 0) is 0 Å². The van der Waals surface area contributed by atoms with Gasteiger partial charge in [-0.3, -0.25) is 0 Å². The monoisotopic (exact) mass is 205 g/mol. The maximum absolute atomic E-state index is 5.63. The van der Waals surface area contributed by atoms with Crippen molar-refractivity contribution < 1.29 is 0 Å². The van der Waals surface area contributed by atoms with Crippen molar-refractivity contribution in [1.29, 1.82) is 0 Å². The lowest BCUT2D eigenvalue weighted by atomic mass is 10.2. The Bertz CT molecular complexity index is 90.1. The third-order valence-corrected chi connectivity index (χ3v) is 2.45. The molecule has 0 aromatic carbocycles. The molecule has 0 amide bonds. The summed E-state index contributed by atoms with van der Waals surface area (Å²) >= 11 is 5.63. The normalized spacial score (nSPS) is 11.1. The molecule has 0 saturated carbocycles. The van der Waals surface area contributed by atoms with E-state index in [0.717, 1.165) is 5.88 Å². The van der Waals surface area contributed by atoms with E-state index in [1.54, 1.807) is 0 Å². The number of halogens is 1. The Kier molecular flexibility index (Phi) is 10.5. The molecule has 13 heavy (non-hydrogen) atoms. The van der Waals surface area contributed by atoms with Gasteiger partial charge in [0.05, 0.1) is 0 Å². The summed E-state index contributed by atoms with van der Waals surface area (Å²) in [5.74, 6) is 0.821. The maximum atomic E-state index is 5.63. The van der Waals surface area contributed by atoms with Crippen LogP contribution in [0.25, 0.3) is 0 Å². The van der Waals surface area contributed by atoms with Crippen molar-refractivity contribution in [3.05, 3.63) is 0 Å². The fourth-order valence-electron chi connectivity index (χ4n) is 1.57. The highest BCUT2D eigenvalue weighted by Gasteiger charge is 2.00. The van der Waals surface area contributed by atoms with Crippen molar-refractivity contribution in [3.8, 4) is 0 Å². The molecule has 0 spiro atoms. The highest BCUT2D eigenvalue weighted by molar-refractivity contribution is 6.17. The SMILES string of the molecule is CCCN(CCC)CCCCCCl. The molecular weight excluding hydrogens is 182 g/mol. The van der Waals surface area contributed by atoms with Gasteiger partial charge in [-0.2, -0.15) is 0 Å². The van der Waals surface area contributed by atoms with E-state index in [0.29, 0.717) is 0 Å². The van der Waals surface area contributed by atoms with Crippen LogP contribution in [0.2, 0.25) is 0 Å². The first-order valence-electron chi connectivity index (χ1n) is 5.63. The molecule has 0 heterocycles. The summed E-state index contributed by atoms with van der Waals surface area (Å²) < 4.78 is 0. The summed E-state index contributed by atoms with van der Waals surface area (Å²) in [7, 11) is 0. The van der Waals surface area contributed by atoms with Gasteiger partial charge in [-0.05, 0) is 45.3 Å². The van der Waals surface area contributed by atoms with Crippen LogP contribution in [0.5, 0.6) is 0 Å². The minimum atomic E-state index is 0.821. The van der Waals surface area contributed by atoms with Gasteiger partial charge in [-0.25, -0.2) is 0 Å². The third kappa shape index (κ3) is 8.58. The number of nitrogens with zero attached hydrogens (tertiary/aromatic N) is 1. The van der Waals surface area contributed by atoms with Crippen LogP contribution in [0.4, 0.5) is 0 Å². The molecule has 80 valence electrons. The summed E-state index contributed by atoms with van der Waals surface area (Å²) in [5.41, 5.74) is 0. The highest BCUT2D eigenvalue weighted by atomic mass is 35.5. The molecule has 0 aliphatic carbocycles. The van der Waals surface area contributed by atoms with Gasteiger partial charge < -0.3 is 4.90 Å². The molecule has 1 nitrogen and oxygen atoms in total. The zero-order chi connectivity index (χ0) is 9.94. The largest absolute Gasteiger partial charge is 0.303 e. The topological polar surface area (TPSA) is 3.24 Å². The van der Waals surface area contributed by atoms with E-state index in [1.807, 2.05) is 0 Å². The molecule has 0 N–H and O–H groups in total. The van der Waals surface area contributed by atoms with Crippen molar-refractivity contribution >= 4 is 11.6 Å². The first kappa shape index (κ1) is 13.2. The van der Waals surface area contributed by atoms with Crippen molar-refractivity contribution in [2.24, 2.45) is 0 Å². The van der Waals surface area contributed by atoms with Crippen LogP contribution in [0.15, 0.2) is 0 Å². The van der Waals surface area contributed by atoms with Crippen LogP contribution >= 0.6 is 11.6 Å². The molecule has 0 aromatic heterocycles. The van der Waals surface area contributed by atoms with Gasteiger partial charge >= 0.3 is 0 Å². The van der Waals surface area contributed by atoms with E-state index in [1.165, 1.54) is 51.7 Å². The number of alkyl halides is 1. The lowest BCUT2D eigenvalue weighted by molar-refractivity contribution is 0.269. The smallest absolute Gasteiger partial charge is 0.0223 e. The summed E-state index contributed by atoms with van der Waals surface area (Å²) in [6, 6.07) is 0. The standard InChI is InChI=1S/C11H24ClN/c1-3-9-13(10-4-2)11-7-5-6-8-12/h3-11H2,1-2H3. The van der Waals surface area contributed by atoms with Gasteiger partial charge in [0.15, 0.2) is 0 Å². The first-order valence-corrected chi connectivity index (χ1v) is 6.16. The second kappa shape index (κ2) is 10.3. The number of hydrogen-bond donors (Lipinski definition) is 0. The lowest BCUT2D eigenvalue weighted by Gasteiger charge is -2.20. The molecule has 0 unspecified atom stereocenters. The van der Waals surface area contributed by atoms with Crippen molar-refractivity contribution in [3.63, 3.8) is 0 Å². The third-order valence-electron chi connectivity index (χ3n) is 2.19. The maximum Gasteiger partial charge on any atom is 0.0223 e. The number of hydrogen-bond acceptors (Lipinski definition) is 1. The fraction of sp³-hybridized carbons (Fsp3) is 1.00. The van der Waals surface area contributed by atoms with Crippen molar-refractivity contribution in [1.82, 2.24) is 4.90 Å². The summed E-state index contributed by atoms with van der Waals surface area (Å²) in [4.78, 5) is 2.56. The Labute approximate surface area is 88.5 Å². The van der Waals surface area contributed by atoms with E-state index >= 15 is 0 Å². The summed E-state index contributed by atoms with van der Waals surface area (Å²) in [6.45, 7) is 8.28. The van der Waals surface area contributed by atoms with E-state index in [9.17, 15) is 0 Å². The van der Waals surface area contributed by atoms with Gasteiger partial charge in [0.25, 0.3) is 0 Å². The molecule has 0 atom stereocenters. The predicted octanol–water partition coefficient (Wildman–Crippen LogP) is 3.52. The van der Waals surface area contributed by atoms with Gasteiger partial charge in [-0.1, -0.05) is 20.3 Å². The van der Waals surface area contributed by atoms with E-state index in [-0.39, 0.29) is 0 Å². The van der Waals surface area contributed by atoms with Crippen LogP contribution in [0, 0.1) is 0 Å². The molecule has 0 bridgehead atoms. The van der Waals surface area contributed by atoms with Gasteiger partial charge in [0.1, 0.15) is 0 Å². The van der Waals surface area contributed by atoms with E-state index in [4.69, 9.17) is 11.6 Å². The molecule has 0 saturated heterocycles. The molecule has 0 radical (unpaired) electrons. The molecule has 0 fully saturated rings. The van der Waals surface area contributed by atoms with E-state index in [2.05, 4.69) is 18.7 Å². The molecule has 0 aliphatic rings. The minimum absolute atomic E-state index is 0.821. The average molecular weight is 206 g/mol. The Morgan fingerprint density at radius 3 is 1.92 bits per heavy atom. The first-order chi connectivity index (χ1) is 6.35. The number of rotatable bonds is 9. The summed E-state index contributed by atoms with van der Waals surface area (Å²) in [6.07, 6.45) is 6.32. The molecule has 2 heteroatoms. The Morgan fingerprint density at radius 2 is 1.46 bits per heavy atom. The zero-order valence-corrected chi connectivity index (χ0v) is 9.95. The zero-order valence-electron chi connectivity index (χ0n) is 9.19. The lowest BCUT2D eigenvalue weighted by Crippen LogP contribution is -2.26. The minimum Gasteiger partial charge on any atom is -0.303 e. The van der Waals surface area contributed by atoms with Crippen molar-refractivity contribution in [2.45, 2.75) is 46.0 Å². The highest BCUT2D eigenvalue weighted by Crippen LogP contribution is 2.01. The van der Waals surface area contributed by atoms with Gasteiger partial charge in [0, 0.05) is 5.88 Å². The second-order valence-corrected chi connectivity index (χ2v) is 3.97. The Balaban J connectivity index is 3.33. The van der Waals surface area contributed by atoms with Crippen molar-refractivity contribution in [2.75, 3.05) is 25.5 Å².